The highest BCUT2D eigenvalue weighted by atomic mass is 32.2. The second-order valence-corrected chi connectivity index (χ2v) is 10.2. The number of methoxy groups -OCH3 is 1. The van der Waals surface area contributed by atoms with Gasteiger partial charge in [-0.15, -0.1) is 11.3 Å². The number of nitrogens with zero attached hydrogens (tertiary/aromatic N) is 1. The molecule has 1 aliphatic carbocycles. The van der Waals surface area contributed by atoms with Gasteiger partial charge in [-0.1, -0.05) is 24.3 Å². The summed E-state index contributed by atoms with van der Waals surface area (Å²) in [6.45, 7) is -0.376. The topological polar surface area (TPSA) is 92.8 Å². The van der Waals surface area contributed by atoms with Gasteiger partial charge in [0.2, 0.25) is 5.91 Å². The lowest BCUT2D eigenvalue weighted by molar-refractivity contribution is -0.114. The van der Waals surface area contributed by atoms with Gasteiger partial charge in [0.25, 0.3) is 10.0 Å². The number of esters is 1. The molecule has 1 aliphatic heterocycles. The molecule has 0 spiro atoms. The summed E-state index contributed by atoms with van der Waals surface area (Å²) in [6, 6.07) is 10.4. The van der Waals surface area contributed by atoms with Crippen LogP contribution in [0.25, 0.3) is 10.8 Å². The first kappa shape index (κ1) is 19.1. The Balaban J connectivity index is 1.47. The number of sulfonamides is 1. The van der Waals surface area contributed by atoms with E-state index in [4.69, 9.17) is 4.74 Å². The van der Waals surface area contributed by atoms with Crippen LogP contribution in [0.2, 0.25) is 0 Å². The SMILES string of the molecule is COC(=O)c1c(NC(=O)CN2c3cccc4cccc(c34)S2(=O)=O)sc2c1CCC2. The Morgan fingerprint density at radius 3 is 2.70 bits per heavy atom. The molecule has 7 nitrogen and oxygen atoms in total. The molecule has 2 heterocycles. The molecule has 0 bridgehead atoms. The van der Waals surface area contributed by atoms with E-state index in [2.05, 4.69) is 5.32 Å². The van der Waals surface area contributed by atoms with Crippen LogP contribution in [0.5, 0.6) is 0 Å². The molecule has 0 atom stereocenters. The molecule has 154 valence electrons. The van der Waals surface area contributed by atoms with Crippen molar-refractivity contribution in [1.29, 1.82) is 0 Å². The van der Waals surface area contributed by atoms with Gasteiger partial charge in [-0.05, 0) is 42.3 Å². The summed E-state index contributed by atoms with van der Waals surface area (Å²) in [6.07, 6.45) is 2.59. The average Bonchev–Trinajstić information content (AvgIpc) is 3.36. The lowest BCUT2D eigenvalue weighted by Gasteiger charge is -2.18. The molecule has 2 aliphatic rings. The molecule has 0 saturated heterocycles. The van der Waals surface area contributed by atoms with Crippen LogP contribution in [0.1, 0.15) is 27.2 Å². The van der Waals surface area contributed by atoms with Gasteiger partial charge in [0.15, 0.2) is 0 Å². The number of ether oxygens (including phenoxy) is 1. The maximum Gasteiger partial charge on any atom is 0.341 e. The average molecular weight is 443 g/mol. The second-order valence-electron chi connectivity index (χ2n) is 7.24. The molecule has 9 heteroatoms. The van der Waals surface area contributed by atoms with Gasteiger partial charge in [0.05, 0.1) is 23.3 Å². The summed E-state index contributed by atoms with van der Waals surface area (Å²) in [4.78, 5) is 26.4. The summed E-state index contributed by atoms with van der Waals surface area (Å²) in [5, 5.41) is 4.60. The first-order valence-electron chi connectivity index (χ1n) is 9.49. The van der Waals surface area contributed by atoms with E-state index in [1.54, 1.807) is 24.3 Å². The predicted octanol–water partition coefficient (Wildman–Crippen LogP) is 3.32. The van der Waals surface area contributed by atoms with Crippen molar-refractivity contribution in [1.82, 2.24) is 0 Å². The third kappa shape index (κ3) is 2.73. The van der Waals surface area contributed by atoms with Crippen molar-refractivity contribution >= 4 is 54.7 Å². The van der Waals surface area contributed by atoms with Gasteiger partial charge in [-0.3, -0.25) is 9.10 Å². The summed E-state index contributed by atoms with van der Waals surface area (Å²) in [5.41, 5.74) is 1.80. The molecule has 0 fully saturated rings. The van der Waals surface area contributed by atoms with E-state index in [0.717, 1.165) is 39.4 Å². The predicted molar refractivity (Wildman–Crippen MR) is 115 cm³/mol. The lowest BCUT2D eigenvalue weighted by Crippen LogP contribution is -2.35. The van der Waals surface area contributed by atoms with Crippen LogP contribution in [0.15, 0.2) is 41.3 Å². The Bertz CT molecular complexity index is 1320. The number of fused-ring (bicyclic) bond motifs is 1. The van der Waals surface area contributed by atoms with Gasteiger partial charge in [0, 0.05) is 10.3 Å². The van der Waals surface area contributed by atoms with Crippen LogP contribution in [-0.2, 0) is 32.4 Å². The molecular formula is C21H18N2O5S2. The van der Waals surface area contributed by atoms with E-state index in [1.807, 2.05) is 12.1 Å². The van der Waals surface area contributed by atoms with E-state index < -0.39 is 21.9 Å². The normalized spacial score (nSPS) is 16.0. The number of thiophene rings is 1. The maximum atomic E-state index is 13.1. The lowest BCUT2D eigenvalue weighted by atomic mass is 10.1. The summed E-state index contributed by atoms with van der Waals surface area (Å²) < 4.78 is 32.1. The van der Waals surface area contributed by atoms with Crippen molar-refractivity contribution in [3.8, 4) is 0 Å². The first-order chi connectivity index (χ1) is 14.4. The number of amides is 1. The monoisotopic (exact) mass is 442 g/mol. The fourth-order valence-corrected chi connectivity index (χ4v) is 7.20. The minimum Gasteiger partial charge on any atom is -0.465 e. The Hall–Kier alpha value is -2.91. The molecule has 2 aromatic carbocycles. The van der Waals surface area contributed by atoms with Gasteiger partial charge >= 0.3 is 5.97 Å². The summed E-state index contributed by atoms with van der Waals surface area (Å²) >= 11 is 1.36. The smallest absolute Gasteiger partial charge is 0.341 e. The first-order valence-corrected chi connectivity index (χ1v) is 11.7. The number of carbonyl (C=O) groups is 2. The number of nitrogens with one attached hydrogen (secondary N) is 1. The van der Waals surface area contributed by atoms with E-state index >= 15 is 0 Å². The van der Waals surface area contributed by atoms with E-state index in [0.29, 0.717) is 21.6 Å². The molecule has 3 aromatic rings. The van der Waals surface area contributed by atoms with Crippen molar-refractivity contribution in [2.24, 2.45) is 0 Å². The summed E-state index contributed by atoms with van der Waals surface area (Å²) in [5.74, 6) is -0.996. The Morgan fingerprint density at radius 2 is 1.93 bits per heavy atom. The maximum absolute atomic E-state index is 13.1. The quantitative estimate of drug-likeness (QED) is 0.626. The largest absolute Gasteiger partial charge is 0.465 e. The molecule has 5 rings (SSSR count). The highest BCUT2D eigenvalue weighted by molar-refractivity contribution is 7.93. The number of carbonyl (C=O) groups excluding carboxylic acids is 2. The summed E-state index contributed by atoms with van der Waals surface area (Å²) in [7, 11) is -2.52. The van der Waals surface area contributed by atoms with Crippen LogP contribution in [0, 0.1) is 0 Å². The van der Waals surface area contributed by atoms with Crippen LogP contribution in [-0.4, -0.2) is 33.9 Å². The van der Waals surface area contributed by atoms with Crippen LogP contribution in [0.4, 0.5) is 10.7 Å². The molecule has 0 saturated carbocycles. The molecular weight excluding hydrogens is 424 g/mol. The number of rotatable bonds is 4. The van der Waals surface area contributed by atoms with Crippen molar-refractivity contribution in [2.45, 2.75) is 24.2 Å². The fourth-order valence-electron chi connectivity index (χ4n) is 4.24. The Labute approximate surface area is 177 Å². The van der Waals surface area contributed by atoms with Gasteiger partial charge in [0.1, 0.15) is 11.5 Å². The molecule has 1 aromatic heterocycles. The number of hydrogen-bond donors (Lipinski definition) is 1. The van der Waals surface area contributed by atoms with Crippen LogP contribution in [0.3, 0.4) is 0 Å². The van der Waals surface area contributed by atoms with E-state index in [-0.39, 0.29) is 11.4 Å². The molecule has 30 heavy (non-hydrogen) atoms. The van der Waals surface area contributed by atoms with Crippen LogP contribution >= 0.6 is 11.3 Å². The molecule has 0 radical (unpaired) electrons. The van der Waals surface area contributed by atoms with Gasteiger partial charge in [-0.25, -0.2) is 13.2 Å². The highest BCUT2D eigenvalue weighted by Crippen LogP contribution is 2.42. The minimum absolute atomic E-state index is 0.203. The van der Waals surface area contributed by atoms with Crippen molar-refractivity contribution < 1.29 is 22.7 Å². The zero-order valence-electron chi connectivity index (χ0n) is 16.1. The second kappa shape index (κ2) is 6.82. The van der Waals surface area contributed by atoms with Crippen LogP contribution < -0.4 is 9.62 Å². The standard InChI is InChI=1S/C21H18N2O5S2/c1-28-21(25)19-13-7-4-9-15(13)29-20(19)22-17(24)11-23-14-8-2-5-12-6-3-10-16(18(12)14)30(23,26)27/h2-3,5-6,8,10H,4,7,9,11H2,1H3,(H,22,24). The van der Waals surface area contributed by atoms with Crippen molar-refractivity contribution in [3.63, 3.8) is 0 Å². The third-order valence-corrected chi connectivity index (χ3v) is 8.54. The molecule has 1 amide bonds. The minimum atomic E-state index is -3.83. The van der Waals surface area contributed by atoms with Crippen molar-refractivity contribution in [2.75, 3.05) is 23.3 Å². The highest BCUT2D eigenvalue weighted by Gasteiger charge is 2.37. The molecule has 0 unspecified atom stereocenters. The van der Waals surface area contributed by atoms with Gasteiger partial charge < -0.3 is 10.1 Å². The fraction of sp³-hybridized carbons (Fsp3) is 0.238. The Kier molecular flexibility index (Phi) is 4.33. The number of anilines is 2. The number of aryl methyl sites for hydroxylation is 1. The Morgan fingerprint density at radius 1 is 1.17 bits per heavy atom. The van der Waals surface area contributed by atoms with E-state index in [9.17, 15) is 18.0 Å². The molecule has 1 N–H and O–H groups in total. The zero-order chi connectivity index (χ0) is 21.0. The van der Waals surface area contributed by atoms with Gasteiger partial charge in [-0.2, -0.15) is 0 Å². The number of benzene rings is 2. The van der Waals surface area contributed by atoms with E-state index in [1.165, 1.54) is 18.4 Å². The zero-order valence-corrected chi connectivity index (χ0v) is 17.7. The number of hydrogen-bond acceptors (Lipinski definition) is 6. The van der Waals surface area contributed by atoms with Crippen molar-refractivity contribution in [3.05, 3.63) is 52.4 Å². The third-order valence-electron chi connectivity index (χ3n) is 5.53.